The fourth-order valence-electron chi connectivity index (χ4n) is 1.91. The van der Waals surface area contributed by atoms with Crippen LogP contribution in [0.15, 0.2) is 24.3 Å². The quantitative estimate of drug-likeness (QED) is 0.685. The van der Waals surface area contributed by atoms with E-state index in [1.807, 2.05) is 52.0 Å². The van der Waals surface area contributed by atoms with E-state index in [1.54, 1.807) is 0 Å². The number of carbonyl (C=O) groups excluding carboxylic acids is 1. The Labute approximate surface area is 133 Å². The van der Waals surface area contributed by atoms with Gasteiger partial charge in [0.1, 0.15) is 5.75 Å². The molecule has 1 aromatic rings. The number of amides is 1. The third kappa shape index (κ3) is 7.43. The average molecular weight is 308 g/mol. The van der Waals surface area contributed by atoms with Crippen LogP contribution in [0.25, 0.3) is 0 Å². The fourth-order valence-corrected chi connectivity index (χ4v) is 1.91. The topological polar surface area (TPSA) is 70.6 Å². The van der Waals surface area contributed by atoms with Crippen LogP contribution in [0.1, 0.15) is 39.7 Å². The molecule has 124 valence electrons. The van der Waals surface area contributed by atoms with Crippen LogP contribution < -0.4 is 15.4 Å². The molecule has 0 fully saturated rings. The number of aliphatic hydroxyl groups is 1. The van der Waals surface area contributed by atoms with Crippen molar-refractivity contribution in [2.75, 3.05) is 13.2 Å². The summed E-state index contributed by atoms with van der Waals surface area (Å²) < 4.78 is 5.46. The average Bonchev–Trinajstić information content (AvgIpc) is 2.45. The zero-order valence-electron chi connectivity index (χ0n) is 14.0. The first-order valence-corrected chi connectivity index (χ1v) is 7.71. The normalized spacial score (nSPS) is 12.8. The van der Waals surface area contributed by atoms with Crippen LogP contribution in [0.4, 0.5) is 0 Å². The zero-order valence-corrected chi connectivity index (χ0v) is 14.0. The van der Waals surface area contributed by atoms with E-state index in [0.717, 1.165) is 12.0 Å². The molecule has 1 rings (SSSR count). The molecule has 0 unspecified atom stereocenters. The Balaban J connectivity index is 2.40. The highest BCUT2D eigenvalue weighted by Crippen LogP contribution is 2.12. The summed E-state index contributed by atoms with van der Waals surface area (Å²) in [6.07, 6.45) is 0.889. The molecule has 22 heavy (non-hydrogen) atoms. The molecule has 0 bridgehead atoms. The van der Waals surface area contributed by atoms with Crippen molar-refractivity contribution in [2.45, 2.75) is 52.2 Å². The van der Waals surface area contributed by atoms with Crippen molar-refractivity contribution in [3.63, 3.8) is 0 Å². The monoisotopic (exact) mass is 308 g/mol. The second kappa shape index (κ2) is 8.76. The number of hydrogen-bond donors (Lipinski definition) is 3. The van der Waals surface area contributed by atoms with E-state index in [0.29, 0.717) is 12.3 Å². The molecule has 0 aliphatic rings. The molecule has 0 radical (unpaired) electrons. The number of rotatable bonds is 8. The van der Waals surface area contributed by atoms with E-state index in [4.69, 9.17) is 9.84 Å². The summed E-state index contributed by atoms with van der Waals surface area (Å²) in [5, 5.41) is 15.3. The second-order valence-electron chi connectivity index (χ2n) is 6.40. The van der Waals surface area contributed by atoms with Crippen LogP contribution in [0.3, 0.4) is 0 Å². The van der Waals surface area contributed by atoms with Crippen molar-refractivity contribution in [2.24, 2.45) is 0 Å². The van der Waals surface area contributed by atoms with Gasteiger partial charge in [0, 0.05) is 18.1 Å². The zero-order chi connectivity index (χ0) is 16.6. The number of hydrogen-bond acceptors (Lipinski definition) is 4. The summed E-state index contributed by atoms with van der Waals surface area (Å²) in [6, 6.07) is 7.72. The Morgan fingerprint density at radius 3 is 2.41 bits per heavy atom. The third-order valence-corrected chi connectivity index (χ3v) is 3.12. The highest BCUT2D eigenvalue weighted by molar-refractivity contribution is 5.78. The minimum Gasteiger partial charge on any atom is -0.484 e. The molecule has 0 aliphatic heterocycles. The molecule has 1 aromatic carbocycles. The lowest BCUT2D eigenvalue weighted by Gasteiger charge is -2.20. The van der Waals surface area contributed by atoms with E-state index < -0.39 is 0 Å². The Morgan fingerprint density at radius 2 is 1.91 bits per heavy atom. The van der Waals surface area contributed by atoms with Crippen LogP contribution in [-0.4, -0.2) is 35.8 Å². The predicted molar refractivity (Wildman–Crippen MR) is 87.8 cm³/mol. The minimum absolute atomic E-state index is 0.0112. The van der Waals surface area contributed by atoms with Gasteiger partial charge in [-0.05, 0) is 44.9 Å². The van der Waals surface area contributed by atoms with Crippen molar-refractivity contribution >= 4 is 5.91 Å². The van der Waals surface area contributed by atoms with Gasteiger partial charge in [0.2, 0.25) is 0 Å². The lowest BCUT2D eigenvalue weighted by Crippen LogP contribution is -2.43. The van der Waals surface area contributed by atoms with E-state index in [9.17, 15) is 4.79 Å². The molecule has 3 N–H and O–H groups in total. The van der Waals surface area contributed by atoms with Crippen molar-refractivity contribution < 1.29 is 14.6 Å². The minimum atomic E-state index is -0.251. The van der Waals surface area contributed by atoms with Crippen molar-refractivity contribution in [3.8, 4) is 5.75 Å². The smallest absolute Gasteiger partial charge is 0.258 e. The Kier molecular flexibility index (Phi) is 7.35. The number of ether oxygens (including phenoxy) is 1. The number of nitrogens with one attached hydrogen (secondary N) is 2. The molecular formula is C17H28N2O3. The molecule has 1 amide bonds. The van der Waals surface area contributed by atoms with Gasteiger partial charge in [-0.15, -0.1) is 0 Å². The second-order valence-corrected chi connectivity index (χ2v) is 6.40. The molecule has 0 saturated heterocycles. The number of benzene rings is 1. The van der Waals surface area contributed by atoms with Crippen LogP contribution in [0, 0.1) is 0 Å². The van der Waals surface area contributed by atoms with Gasteiger partial charge >= 0.3 is 0 Å². The summed E-state index contributed by atoms with van der Waals surface area (Å²) in [5.41, 5.74) is 0.858. The molecule has 5 nitrogen and oxygen atoms in total. The fraction of sp³-hybridized carbons (Fsp3) is 0.588. The number of aliphatic hydroxyl groups excluding tert-OH is 1. The summed E-state index contributed by atoms with van der Waals surface area (Å²) in [5.74, 6) is 0.536. The first kappa shape index (κ1) is 18.5. The molecule has 0 heterocycles. The van der Waals surface area contributed by atoms with Crippen LogP contribution in [0.2, 0.25) is 0 Å². The van der Waals surface area contributed by atoms with Crippen LogP contribution in [0.5, 0.6) is 5.75 Å². The van der Waals surface area contributed by atoms with Crippen LogP contribution >= 0.6 is 0 Å². The predicted octanol–water partition coefficient (Wildman–Crippen LogP) is 1.84. The maximum absolute atomic E-state index is 11.7. The Hall–Kier alpha value is -1.59. The maximum atomic E-state index is 11.7. The van der Waals surface area contributed by atoms with Gasteiger partial charge in [-0.25, -0.2) is 0 Å². The highest BCUT2D eigenvalue weighted by atomic mass is 16.5. The summed E-state index contributed by atoms with van der Waals surface area (Å²) in [4.78, 5) is 11.7. The SMILES string of the molecule is CC[C@H](CO)NCc1ccc(OCC(=O)NC(C)(C)C)cc1. The molecule has 0 aliphatic carbocycles. The van der Waals surface area contributed by atoms with E-state index in [-0.39, 0.29) is 30.7 Å². The molecule has 0 aromatic heterocycles. The Bertz CT molecular complexity index is 448. The summed E-state index contributed by atoms with van der Waals surface area (Å²) in [7, 11) is 0. The Morgan fingerprint density at radius 1 is 1.27 bits per heavy atom. The van der Waals surface area contributed by atoms with Gasteiger partial charge in [0.25, 0.3) is 5.91 Å². The van der Waals surface area contributed by atoms with Crippen molar-refractivity contribution in [1.29, 1.82) is 0 Å². The summed E-state index contributed by atoms with van der Waals surface area (Å²) in [6.45, 7) is 8.68. The molecule has 1 atom stereocenters. The molecule has 5 heteroatoms. The molecular weight excluding hydrogens is 280 g/mol. The standard InChI is InChI=1S/C17H28N2O3/c1-5-14(11-20)18-10-13-6-8-15(9-7-13)22-12-16(21)19-17(2,3)4/h6-9,14,18,20H,5,10-12H2,1-4H3,(H,19,21)/t14-/m1/s1. The first-order valence-electron chi connectivity index (χ1n) is 7.71. The van der Waals surface area contributed by atoms with E-state index >= 15 is 0 Å². The van der Waals surface area contributed by atoms with Crippen LogP contribution in [-0.2, 0) is 11.3 Å². The van der Waals surface area contributed by atoms with Gasteiger partial charge in [-0.1, -0.05) is 19.1 Å². The van der Waals surface area contributed by atoms with Gasteiger partial charge in [-0.2, -0.15) is 0 Å². The largest absolute Gasteiger partial charge is 0.484 e. The number of carbonyl (C=O) groups is 1. The lowest BCUT2D eigenvalue weighted by molar-refractivity contribution is -0.124. The summed E-state index contributed by atoms with van der Waals surface area (Å²) >= 11 is 0. The van der Waals surface area contributed by atoms with E-state index in [1.165, 1.54) is 0 Å². The molecule has 0 saturated carbocycles. The highest BCUT2D eigenvalue weighted by Gasteiger charge is 2.13. The van der Waals surface area contributed by atoms with Gasteiger partial charge in [0.05, 0.1) is 6.61 Å². The maximum Gasteiger partial charge on any atom is 0.258 e. The van der Waals surface area contributed by atoms with E-state index in [2.05, 4.69) is 10.6 Å². The molecule has 0 spiro atoms. The lowest BCUT2D eigenvalue weighted by atomic mass is 10.1. The van der Waals surface area contributed by atoms with Crippen molar-refractivity contribution in [1.82, 2.24) is 10.6 Å². The van der Waals surface area contributed by atoms with Gasteiger partial charge in [0.15, 0.2) is 6.61 Å². The van der Waals surface area contributed by atoms with Gasteiger partial charge < -0.3 is 20.5 Å². The van der Waals surface area contributed by atoms with Crippen molar-refractivity contribution in [3.05, 3.63) is 29.8 Å². The first-order chi connectivity index (χ1) is 10.3. The third-order valence-electron chi connectivity index (χ3n) is 3.12. The van der Waals surface area contributed by atoms with Gasteiger partial charge in [-0.3, -0.25) is 4.79 Å².